The largest absolute Gasteiger partial charge is 0.480 e. The fraction of sp³-hybridized carbons (Fsp3) is 0.400. The van der Waals surface area contributed by atoms with Gasteiger partial charge in [-0.25, -0.2) is 18.4 Å². The van der Waals surface area contributed by atoms with Crippen molar-refractivity contribution in [1.82, 2.24) is 10.6 Å². The number of amides is 2. The van der Waals surface area contributed by atoms with E-state index in [0.29, 0.717) is 12.8 Å². The summed E-state index contributed by atoms with van der Waals surface area (Å²) in [5.41, 5.74) is 4.04. The molecule has 2 atom stereocenters. The Balaban J connectivity index is 1.65. The van der Waals surface area contributed by atoms with E-state index in [0.717, 1.165) is 22.3 Å². The number of alkyl carbamates (subject to hydrolysis) is 1. The third kappa shape index (κ3) is 6.09. The molecule has 0 aliphatic heterocycles. The lowest BCUT2D eigenvalue weighted by atomic mass is 9.98. The van der Waals surface area contributed by atoms with E-state index in [4.69, 9.17) is 4.74 Å². The van der Waals surface area contributed by atoms with Crippen molar-refractivity contribution >= 4 is 18.0 Å². The zero-order chi connectivity index (χ0) is 24.7. The highest BCUT2D eigenvalue weighted by Crippen LogP contribution is 2.44. The molecule has 34 heavy (non-hydrogen) atoms. The number of unbranched alkanes of at least 4 members (excludes halogenated alkanes) is 1. The van der Waals surface area contributed by atoms with Crippen molar-refractivity contribution in [2.45, 2.75) is 57.0 Å². The van der Waals surface area contributed by atoms with Gasteiger partial charge in [0, 0.05) is 12.3 Å². The summed E-state index contributed by atoms with van der Waals surface area (Å²) in [6.07, 6.45) is -3.47. The number of rotatable bonds is 11. The van der Waals surface area contributed by atoms with Gasteiger partial charge in [0.25, 0.3) is 0 Å². The Hall–Kier alpha value is -3.49. The van der Waals surface area contributed by atoms with Crippen LogP contribution in [0.5, 0.6) is 0 Å². The number of alkyl halides is 2. The number of carboxylic acids is 1. The highest BCUT2D eigenvalue weighted by atomic mass is 19.3. The van der Waals surface area contributed by atoms with Gasteiger partial charge in [0.1, 0.15) is 18.7 Å². The van der Waals surface area contributed by atoms with Crippen LogP contribution in [0.2, 0.25) is 0 Å². The summed E-state index contributed by atoms with van der Waals surface area (Å²) in [5.74, 6) is -2.48. The molecule has 0 heterocycles. The predicted octanol–water partition coefficient (Wildman–Crippen LogP) is 4.31. The predicted molar refractivity (Wildman–Crippen MR) is 122 cm³/mol. The van der Waals surface area contributed by atoms with Crippen LogP contribution >= 0.6 is 0 Å². The summed E-state index contributed by atoms with van der Waals surface area (Å²) < 4.78 is 31.5. The van der Waals surface area contributed by atoms with Gasteiger partial charge >= 0.3 is 12.1 Å². The summed E-state index contributed by atoms with van der Waals surface area (Å²) >= 11 is 0. The fourth-order valence-corrected chi connectivity index (χ4v) is 4.13. The molecule has 3 N–H and O–H groups in total. The van der Waals surface area contributed by atoms with Gasteiger partial charge in [0.2, 0.25) is 12.3 Å². The normalized spacial score (nSPS) is 14.1. The van der Waals surface area contributed by atoms with Crippen LogP contribution in [-0.2, 0) is 14.3 Å². The maximum Gasteiger partial charge on any atom is 0.407 e. The van der Waals surface area contributed by atoms with Gasteiger partial charge in [0.15, 0.2) is 0 Å². The first-order valence-corrected chi connectivity index (χ1v) is 11.2. The highest BCUT2D eigenvalue weighted by Gasteiger charge is 2.31. The van der Waals surface area contributed by atoms with Crippen LogP contribution in [0.4, 0.5) is 13.6 Å². The zero-order valence-electron chi connectivity index (χ0n) is 18.8. The minimum absolute atomic E-state index is 0.0445. The Bertz CT molecular complexity index is 984. The molecule has 0 bridgehead atoms. The van der Waals surface area contributed by atoms with Crippen molar-refractivity contribution in [1.29, 1.82) is 0 Å². The minimum Gasteiger partial charge on any atom is -0.480 e. The summed E-state index contributed by atoms with van der Waals surface area (Å²) in [5, 5.41) is 13.7. The number of carboxylic acid groups (broad SMARTS) is 1. The van der Waals surface area contributed by atoms with Gasteiger partial charge < -0.3 is 20.5 Å². The lowest BCUT2D eigenvalue weighted by molar-refractivity contribution is -0.142. The monoisotopic (exact) mass is 474 g/mol. The molecule has 7 nitrogen and oxygen atoms in total. The van der Waals surface area contributed by atoms with Crippen molar-refractivity contribution < 1.29 is 33.0 Å². The molecule has 2 amide bonds. The molecule has 1 aliphatic carbocycles. The second-order valence-electron chi connectivity index (χ2n) is 8.19. The van der Waals surface area contributed by atoms with E-state index in [-0.39, 0.29) is 18.9 Å². The maximum atomic E-state index is 13.1. The van der Waals surface area contributed by atoms with Gasteiger partial charge in [0.05, 0.1) is 0 Å². The Kier molecular flexibility index (Phi) is 8.56. The van der Waals surface area contributed by atoms with Crippen LogP contribution in [-0.4, -0.2) is 48.2 Å². The van der Waals surface area contributed by atoms with Gasteiger partial charge in [-0.1, -0.05) is 68.3 Å². The van der Waals surface area contributed by atoms with Crippen molar-refractivity contribution in [2.24, 2.45) is 0 Å². The van der Waals surface area contributed by atoms with E-state index < -0.39 is 42.9 Å². The van der Waals surface area contributed by atoms with Crippen molar-refractivity contribution in [3.8, 4) is 11.1 Å². The Morgan fingerprint density at radius 3 is 2.09 bits per heavy atom. The molecule has 0 saturated carbocycles. The van der Waals surface area contributed by atoms with Gasteiger partial charge in [-0.2, -0.15) is 0 Å². The van der Waals surface area contributed by atoms with E-state index in [1.807, 2.05) is 55.5 Å². The average Bonchev–Trinajstić information content (AvgIpc) is 3.13. The standard InChI is InChI=1S/C25H28F2N2O5/c1-2-3-12-20(24(31)32)28-23(30)21(13-22(26)27)29-25(33)34-14-19-17-10-6-4-8-15(17)16-9-5-7-11-18(16)19/h4-11,19-22H,2-3,12-14H2,1H3,(H,28,30)(H,29,33)(H,31,32)/t20-,21?/m0/s1. The molecule has 1 unspecified atom stereocenters. The van der Waals surface area contributed by atoms with Gasteiger partial charge in [-0.3, -0.25) is 4.79 Å². The van der Waals surface area contributed by atoms with Crippen LogP contribution in [0.15, 0.2) is 48.5 Å². The Morgan fingerprint density at radius 2 is 1.56 bits per heavy atom. The maximum absolute atomic E-state index is 13.1. The number of carbonyl (C=O) groups is 3. The van der Waals surface area contributed by atoms with Crippen molar-refractivity contribution in [3.63, 3.8) is 0 Å². The van der Waals surface area contributed by atoms with Crippen molar-refractivity contribution in [3.05, 3.63) is 59.7 Å². The molecule has 3 rings (SSSR count). The molecule has 2 aromatic carbocycles. The van der Waals surface area contributed by atoms with E-state index in [9.17, 15) is 28.3 Å². The summed E-state index contributed by atoms with van der Waals surface area (Å²) in [6.45, 7) is 1.82. The number of benzene rings is 2. The smallest absolute Gasteiger partial charge is 0.407 e. The van der Waals surface area contributed by atoms with Crippen LogP contribution in [0.1, 0.15) is 49.7 Å². The topological polar surface area (TPSA) is 105 Å². The number of aliphatic carboxylic acids is 1. The second-order valence-corrected chi connectivity index (χ2v) is 8.19. The molecule has 2 aromatic rings. The molecule has 9 heteroatoms. The minimum atomic E-state index is -2.89. The molecule has 0 saturated heterocycles. The van der Waals surface area contributed by atoms with Crippen molar-refractivity contribution in [2.75, 3.05) is 6.61 Å². The SMILES string of the molecule is CCCC[C@H](NC(=O)C(CC(F)F)NC(=O)OCC1c2ccccc2-c2ccccc21)C(=O)O. The van der Waals surface area contributed by atoms with E-state index in [1.165, 1.54) is 0 Å². The molecule has 0 radical (unpaired) electrons. The van der Waals surface area contributed by atoms with Crippen LogP contribution in [0.25, 0.3) is 11.1 Å². The molecule has 182 valence electrons. The summed E-state index contributed by atoms with van der Waals surface area (Å²) in [4.78, 5) is 36.3. The first-order chi connectivity index (χ1) is 16.3. The number of carbonyl (C=O) groups excluding carboxylic acids is 2. The molecular weight excluding hydrogens is 446 g/mol. The van der Waals surface area contributed by atoms with Gasteiger partial charge in [-0.15, -0.1) is 0 Å². The molecule has 0 fully saturated rings. The van der Waals surface area contributed by atoms with E-state index >= 15 is 0 Å². The molecule has 0 aromatic heterocycles. The Morgan fingerprint density at radius 1 is 0.971 bits per heavy atom. The summed E-state index contributed by atoms with van der Waals surface area (Å²) in [6, 6.07) is 12.6. The van der Waals surface area contributed by atoms with Gasteiger partial charge in [-0.05, 0) is 28.7 Å². The lowest BCUT2D eigenvalue weighted by Crippen LogP contribution is -2.52. The van der Waals surface area contributed by atoms with Crippen LogP contribution < -0.4 is 10.6 Å². The number of hydrogen-bond donors (Lipinski definition) is 3. The van der Waals surface area contributed by atoms with E-state index in [1.54, 1.807) is 0 Å². The zero-order valence-corrected chi connectivity index (χ0v) is 18.8. The number of halogens is 2. The number of ether oxygens (including phenoxy) is 1. The lowest BCUT2D eigenvalue weighted by Gasteiger charge is -2.21. The first kappa shape index (κ1) is 25.1. The van der Waals surface area contributed by atoms with Crippen LogP contribution in [0.3, 0.4) is 0 Å². The Labute approximate surface area is 196 Å². The van der Waals surface area contributed by atoms with Crippen LogP contribution in [0, 0.1) is 0 Å². The number of fused-ring (bicyclic) bond motifs is 3. The molecule has 1 aliphatic rings. The van der Waals surface area contributed by atoms with E-state index in [2.05, 4.69) is 10.6 Å². The molecular formula is C25H28F2N2O5. The quantitative estimate of drug-likeness (QED) is 0.450. The third-order valence-corrected chi connectivity index (χ3v) is 5.83. The second kappa shape index (κ2) is 11.6. The molecule has 0 spiro atoms. The first-order valence-electron chi connectivity index (χ1n) is 11.2. The third-order valence-electron chi connectivity index (χ3n) is 5.83. The average molecular weight is 475 g/mol. The highest BCUT2D eigenvalue weighted by molar-refractivity contribution is 5.89. The fourth-order valence-electron chi connectivity index (χ4n) is 4.13. The number of hydrogen-bond acceptors (Lipinski definition) is 4. The number of nitrogens with one attached hydrogen (secondary N) is 2. The summed E-state index contributed by atoms with van der Waals surface area (Å²) in [7, 11) is 0.